The van der Waals surface area contributed by atoms with Crippen molar-refractivity contribution in [3.63, 3.8) is 0 Å². The summed E-state index contributed by atoms with van der Waals surface area (Å²) >= 11 is 0. The molecule has 3 heterocycles. The number of piperidine rings is 1. The number of aromatic nitrogens is 4. The van der Waals surface area contributed by atoms with E-state index in [-0.39, 0.29) is 24.8 Å². The van der Waals surface area contributed by atoms with Crippen LogP contribution in [0.3, 0.4) is 0 Å². The van der Waals surface area contributed by atoms with Crippen LogP contribution in [0.5, 0.6) is 0 Å². The summed E-state index contributed by atoms with van der Waals surface area (Å²) in [4.78, 5) is 16.9. The summed E-state index contributed by atoms with van der Waals surface area (Å²) in [6.45, 7) is 6.19. The van der Waals surface area contributed by atoms with Gasteiger partial charge in [0.1, 0.15) is 0 Å². The van der Waals surface area contributed by atoms with Gasteiger partial charge < -0.3 is 10.2 Å². The van der Waals surface area contributed by atoms with Gasteiger partial charge in [-0.1, -0.05) is 18.2 Å². The number of tetrazole rings is 1. The Hall–Kier alpha value is -1.74. The smallest absolute Gasteiger partial charge is 0.222 e. The van der Waals surface area contributed by atoms with Gasteiger partial charge in [0.2, 0.25) is 5.91 Å². The van der Waals surface area contributed by atoms with Crippen LogP contribution in [0.2, 0.25) is 0 Å². The van der Waals surface area contributed by atoms with E-state index in [9.17, 15) is 4.79 Å². The summed E-state index contributed by atoms with van der Waals surface area (Å²) in [7, 11) is 0. The van der Waals surface area contributed by atoms with Crippen molar-refractivity contribution in [2.24, 2.45) is 5.92 Å². The van der Waals surface area contributed by atoms with Gasteiger partial charge in [0.15, 0.2) is 5.82 Å². The van der Waals surface area contributed by atoms with Crippen molar-refractivity contribution in [3.05, 3.63) is 36.2 Å². The van der Waals surface area contributed by atoms with Crippen LogP contribution in [0.1, 0.15) is 31.5 Å². The number of benzene rings is 1. The highest BCUT2D eigenvalue weighted by Gasteiger charge is 2.23. The van der Waals surface area contributed by atoms with Crippen LogP contribution in [0, 0.1) is 5.92 Å². The number of rotatable bonds is 6. The summed E-state index contributed by atoms with van der Waals surface area (Å²) in [6.07, 6.45) is 4.14. The zero-order chi connectivity index (χ0) is 19.2. The number of hydrogen-bond acceptors (Lipinski definition) is 6. The minimum absolute atomic E-state index is 0. The lowest BCUT2D eigenvalue weighted by molar-refractivity contribution is -0.133. The monoisotopic (exact) mass is 455 g/mol. The van der Waals surface area contributed by atoms with E-state index in [1.807, 2.05) is 35.2 Å². The first-order valence-corrected chi connectivity index (χ1v) is 10.3. The van der Waals surface area contributed by atoms with Gasteiger partial charge in [-0.3, -0.25) is 9.69 Å². The molecule has 4 rings (SSSR count). The summed E-state index contributed by atoms with van der Waals surface area (Å²) in [5.74, 6) is 1.85. The maximum absolute atomic E-state index is 12.6. The largest absolute Gasteiger partial charge is 0.340 e. The number of nitrogens with zero attached hydrogens (tertiary/aromatic N) is 6. The number of carbonyl (C=O) groups is 1. The zero-order valence-corrected chi connectivity index (χ0v) is 18.8. The molecule has 2 aromatic rings. The average molecular weight is 456 g/mol. The minimum Gasteiger partial charge on any atom is -0.340 e. The second kappa shape index (κ2) is 12.2. The minimum atomic E-state index is 0. The molecule has 0 aliphatic carbocycles. The van der Waals surface area contributed by atoms with Gasteiger partial charge in [-0.15, -0.1) is 29.9 Å². The third-order valence-electron chi connectivity index (χ3n) is 5.85. The Labute approximate surface area is 190 Å². The number of amides is 1. The Morgan fingerprint density at radius 3 is 2.43 bits per heavy atom. The number of hydrogen-bond donors (Lipinski definition) is 1. The molecule has 0 atom stereocenters. The molecule has 0 radical (unpaired) electrons. The maximum Gasteiger partial charge on any atom is 0.222 e. The van der Waals surface area contributed by atoms with Gasteiger partial charge in [-0.2, -0.15) is 4.68 Å². The number of nitrogens with one attached hydrogen (secondary N) is 1. The molecule has 1 amide bonds. The maximum atomic E-state index is 12.6. The number of halogens is 2. The van der Waals surface area contributed by atoms with Crippen molar-refractivity contribution in [3.8, 4) is 5.69 Å². The van der Waals surface area contributed by atoms with Crippen LogP contribution in [-0.4, -0.2) is 75.2 Å². The molecule has 2 aliphatic heterocycles. The summed E-state index contributed by atoms with van der Waals surface area (Å²) in [5.41, 5.74) is 0.967. The van der Waals surface area contributed by atoms with E-state index in [0.29, 0.717) is 24.8 Å². The third kappa shape index (κ3) is 6.38. The lowest BCUT2D eigenvalue weighted by Crippen LogP contribution is -2.48. The highest BCUT2D eigenvalue weighted by molar-refractivity contribution is 5.85. The SMILES string of the molecule is Cl.Cl.O=C(CCC1CCNCC1)N1CCN(Cc2nnnn2-c2ccccc2)CC1. The molecular formula is C20H31Cl2N7O. The molecule has 2 fully saturated rings. The molecule has 1 N–H and O–H groups in total. The van der Waals surface area contributed by atoms with Crippen LogP contribution in [-0.2, 0) is 11.3 Å². The predicted octanol–water partition coefficient (Wildman–Crippen LogP) is 1.93. The molecule has 0 unspecified atom stereocenters. The van der Waals surface area contributed by atoms with Gasteiger partial charge in [-0.05, 0) is 60.8 Å². The third-order valence-corrected chi connectivity index (χ3v) is 5.85. The Balaban J connectivity index is 0.00000160. The Morgan fingerprint density at radius 1 is 1.03 bits per heavy atom. The van der Waals surface area contributed by atoms with Crippen LogP contribution in [0.15, 0.2) is 30.3 Å². The van der Waals surface area contributed by atoms with Crippen molar-refractivity contribution < 1.29 is 4.79 Å². The van der Waals surface area contributed by atoms with Crippen LogP contribution >= 0.6 is 24.8 Å². The van der Waals surface area contributed by atoms with Crippen molar-refractivity contribution in [1.82, 2.24) is 35.3 Å². The van der Waals surface area contributed by atoms with Crippen molar-refractivity contribution in [2.75, 3.05) is 39.3 Å². The molecule has 0 bridgehead atoms. The number of carbonyl (C=O) groups excluding carboxylic acids is 1. The van der Waals surface area contributed by atoms with E-state index in [1.165, 1.54) is 12.8 Å². The van der Waals surface area contributed by atoms with Crippen LogP contribution in [0.4, 0.5) is 0 Å². The Bertz CT molecular complexity index is 760. The first-order chi connectivity index (χ1) is 13.8. The van der Waals surface area contributed by atoms with Crippen LogP contribution < -0.4 is 5.32 Å². The second-order valence-corrected chi connectivity index (χ2v) is 7.73. The first-order valence-electron chi connectivity index (χ1n) is 10.3. The fraction of sp³-hybridized carbons (Fsp3) is 0.600. The van der Waals surface area contributed by atoms with Gasteiger partial charge in [0.05, 0.1) is 12.2 Å². The summed E-state index contributed by atoms with van der Waals surface area (Å²) < 4.78 is 1.79. The van der Waals surface area contributed by atoms with Crippen LogP contribution in [0.25, 0.3) is 5.69 Å². The normalized spacial score (nSPS) is 17.8. The first kappa shape index (κ1) is 24.5. The van der Waals surface area contributed by atoms with Gasteiger partial charge in [0.25, 0.3) is 0 Å². The predicted molar refractivity (Wildman–Crippen MR) is 120 cm³/mol. The van der Waals surface area contributed by atoms with Crippen molar-refractivity contribution >= 4 is 30.7 Å². The molecular weight excluding hydrogens is 425 g/mol. The fourth-order valence-electron chi connectivity index (χ4n) is 4.09. The Kier molecular flexibility index (Phi) is 9.97. The Morgan fingerprint density at radius 2 is 1.73 bits per heavy atom. The lowest BCUT2D eigenvalue weighted by atomic mass is 9.93. The van der Waals surface area contributed by atoms with Gasteiger partial charge in [0, 0.05) is 32.6 Å². The van der Waals surface area contributed by atoms with E-state index >= 15 is 0 Å². The van der Waals surface area contributed by atoms with Gasteiger partial charge in [-0.25, -0.2) is 0 Å². The molecule has 1 aromatic heterocycles. The average Bonchev–Trinajstić information content (AvgIpc) is 3.22. The summed E-state index contributed by atoms with van der Waals surface area (Å²) in [5, 5.41) is 15.5. The zero-order valence-electron chi connectivity index (χ0n) is 17.2. The molecule has 0 saturated carbocycles. The fourth-order valence-corrected chi connectivity index (χ4v) is 4.09. The van der Waals surface area contributed by atoms with Crippen molar-refractivity contribution in [1.29, 1.82) is 0 Å². The molecule has 8 nitrogen and oxygen atoms in total. The molecule has 0 spiro atoms. The second-order valence-electron chi connectivity index (χ2n) is 7.73. The molecule has 10 heteroatoms. The number of piperazine rings is 1. The van der Waals surface area contributed by atoms with E-state index in [2.05, 4.69) is 25.7 Å². The quantitative estimate of drug-likeness (QED) is 0.716. The molecule has 166 valence electrons. The van der Waals surface area contributed by atoms with E-state index in [1.54, 1.807) is 4.68 Å². The summed E-state index contributed by atoms with van der Waals surface area (Å²) in [6, 6.07) is 9.94. The molecule has 1 aromatic carbocycles. The van der Waals surface area contributed by atoms with E-state index < -0.39 is 0 Å². The highest BCUT2D eigenvalue weighted by atomic mass is 35.5. The van der Waals surface area contributed by atoms with E-state index in [0.717, 1.165) is 57.2 Å². The van der Waals surface area contributed by atoms with Crippen molar-refractivity contribution in [2.45, 2.75) is 32.2 Å². The lowest BCUT2D eigenvalue weighted by Gasteiger charge is -2.34. The molecule has 2 saturated heterocycles. The standard InChI is InChI=1S/C20H29N7O.2ClH/c28-20(7-6-17-8-10-21-11-9-17)26-14-12-25(13-15-26)16-19-22-23-24-27(19)18-4-2-1-3-5-18;;/h1-5,17,21H,6-16H2;2*1H. The number of para-hydroxylation sites is 1. The van der Waals surface area contributed by atoms with Gasteiger partial charge >= 0.3 is 0 Å². The molecule has 30 heavy (non-hydrogen) atoms. The topological polar surface area (TPSA) is 79.2 Å². The molecule has 2 aliphatic rings. The highest BCUT2D eigenvalue weighted by Crippen LogP contribution is 2.19. The van der Waals surface area contributed by atoms with E-state index in [4.69, 9.17) is 0 Å².